The van der Waals surface area contributed by atoms with Crippen molar-refractivity contribution in [3.05, 3.63) is 0 Å². The van der Waals surface area contributed by atoms with Crippen molar-refractivity contribution >= 4 is 11.9 Å². The molecular weight excluding hydrogens is 244 g/mol. The summed E-state index contributed by atoms with van der Waals surface area (Å²) in [5, 5.41) is 8.61. The summed E-state index contributed by atoms with van der Waals surface area (Å²) in [5.74, 6) is -0.240. The first-order chi connectivity index (χ1) is 8.95. The quantitative estimate of drug-likeness (QED) is 0.768. The van der Waals surface area contributed by atoms with Gasteiger partial charge in [0, 0.05) is 19.5 Å². The standard InChI is InChI=1S/C14H26N2O3/c1-3-10-4-6-11(7-5-10)16(2)14(19)12(15)8-9-13(17)18/h10-12H,3-9,15H2,1-2H3,(H,17,18). The van der Waals surface area contributed by atoms with Crippen molar-refractivity contribution in [2.45, 2.75) is 64.0 Å². The van der Waals surface area contributed by atoms with E-state index < -0.39 is 12.0 Å². The van der Waals surface area contributed by atoms with Crippen molar-refractivity contribution in [2.24, 2.45) is 11.7 Å². The number of carboxylic acids is 1. The minimum absolute atomic E-state index is 0.0523. The molecule has 1 aliphatic carbocycles. The maximum absolute atomic E-state index is 12.1. The number of aliphatic carboxylic acids is 1. The molecule has 1 fully saturated rings. The second-order valence-electron chi connectivity index (χ2n) is 5.57. The minimum Gasteiger partial charge on any atom is -0.481 e. The Bertz CT molecular complexity index is 312. The largest absolute Gasteiger partial charge is 0.481 e. The van der Waals surface area contributed by atoms with Crippen LogP contribution in [0.5, 0.6) is 0 Å². The van der Waals surface area contributed by atoms with Gasteiger partial charge in [-0.1, -0.05) is 13.3 Å². The van der Waals surface area contributed by atoms with E-state index in [1.54, 1.807) is 11.9 Å². The van der Waals surface area contributed by atoms with Crippen LogP contribution in [-0.4, -0.2) is 41.0 Å². The zero-order valence-electron chi connectivity index (χ0n) is 12.0. The van der Waals surface area contributed by atoms with Crippen LogP contribution in [0.2, 0.25) is 0 Å². The lowest BCUT2D eigenvalue weighted by Gasteiger charge is -2.35. The lowest BCUT2D eigenvalue weighted by atomic mass is 9.84. The van der Waals surface area contributed by atoms with Gasteiger partial charge in [-0.3, -0.25) is 9.59 Å². The molecule has 1 atom stereocenters. The SMILES string of the molecule is CCC1CCC(N(C)C(=O)C(N)CCC(=O)O)CC1. The fourth-order valence-electron chi connectivity index (χ4n) is 2.78. The molecule has 0 aliphatic heterocycles. The van der Waals surface area contributed by atoms with Crippen molar-refractivity contribution in [3.63, 3.8) is 0 Å². The molecule has 110 valence electrons. The number of amides is 1. The molecule has 1 rings (SSSR count). The molecule has 5 nitrogen and oxygen atoms in total. The van der Waals surface area contributed by atoms with Crippen molar-refractivity contribution in [3.8, 4) is 0 Å². The van der Waals surface area contributed by atoms with Gasteiger partial charge in [-0.2, -0.15) is 0 Å². The third kappa shape index (κ3) is 4.82. The third-order valence-corrected chi connectivity index (χ3v) is 4.28. The highest BCUT2D eigenvalue weighted by atomic mass is 16.4. The number of carboxylic acid groups (broad SMARTS) is 1. The summed E-state index contributed by atoms with van der Waals surface area (Å²) >= 11 is 0. The van der Waals surface area contributed by atoms with E-state index in [9.17, 15) is 9.59 Å². The molecule has 3 N–H and O–H groups in total. The van der Waals surface area contributed by atoms with E-state index in [2.05, 4.69) is 6.92 Å². The van der Waals surface area contributed by atoms with E-state index >= 15 is 0 Å². The van der Waals surface area contributed by atoms with Crippen LogP contribution in [0.25, 0.3) is 0 Å². The molecule has 1 amide bonds. The van der Waals surface area contributed by atoms with Gasteiger partial charge in [-0.05, 0) is 38.0 Å². The predicted molar refractivity (Wildman–Crippen MR) is 73.7 cm³/mol. The van der Waals surface area contributed by atoms with Gasteiger partial charge in [0.05, 0.1) is 6.04 Å². The molecule has 0 bridgehead atoms. The Morgan fingerprint density at radius 1 is 1.32 bits per heavy atom. The van der Waals surface area contributed by atoms with Gasteiger partial charge in [-0.15, -0.1) is 0 Å². The molecule has 1 saturated carbocycles. The van der Waals surface area contributed by atoms with E-state index in [0.29, 0.717) is 0 Å². The number of rotatable bonds is 6. The number of carbonyl (C=O) groups is 2. The predicted octanol–water partition coefficient (Wildman–Crippen LogP) is 1.61. The molecule has 0 saturated heterocycles. The first-order valence-electron chi connectivity index (χ1n) is 7.19. The fraction of sp³-hybridized carbons (Fsp3) is 0.857. The van der Waals surface area contributed by atoms with Gasteiger partial charge in [-0.25, -0.2) is 0 Å². The van der Waals surface area contributed by atoms with Crippen molar-refractivity contribution < 1.29 is 14.7 Å². The molecule has 1 aliphatic rings. The molecule has 0 aromatic rings. The van der Waals surface area contributed by atoms with Crippen molar-refractivity contribution in [1.29, 1.82) is 0 Å². The average molecular weight is 270 g/mol. The summed E-state index contributed by atoms with van der Waals surface area (Å²) in [7, 11) is 1.79. The number of carbonyl (C=O) groups excluding carboxylic acids is 1. The molecule has 0 heterocycles. The first kappa shape index (κ1) is 16.0. The second-order valence-corrected chi connectivity index (χ2v) is 5.57. The highest BCUT2D eigenvalue weighted by molar-refractivity contribution is 5.82. The summed E-state index contributed by atoms with van der Waals surface area (Å²) in [6.07, 6.45) is 5.78. The van der Waals surface area contributed by atoms with Crippen LogP contribution in [0.3, 0.4) is 0 Å². The number of hydrogen-bond donors (Lipinski definition) is 2. The summed E-state index contributed by atoms with van der Waals surface area (Å²) in [6.45, 7) is 2.21. The number of hydrogen-bond acceptors (Lipinski definition) is 3. The van der Waals surface area contributed by atoms with Crippen LogP contribution in [0.4, 0.5) is 0 Å². The maximum Gasteiger partial charge on any atom is 0.303 e. The Kier molecular flexibility index (Phi) is 6.28. The van der Waals surface area contributed by atoms with Crippen LogP contribution >= 0.6 is 0 Å². The van der Waals surface area contributed by atoms with E-state index in [4.69, 9.17) is 10.8 Å². The van der Waals surface area contributed by atoms with E-state index in [-0.39, 0.29) is 24.8 Å². The van der Waals surface area contributed by atoms with Crippen LogP contribution < -0.4 is 5.73 Å². The second kappa shape index (κ2) is 7.48. The number of nitrogens with two attached hydrogens (primary N) is 1. The molecule has 0 aromatic heterocycles. The molecule has 1 unspecified atom stereocenters. The topological polar surface area (TPSA) is 83.6 Å². The summed E-state index contributed by atoms with van der Waals surface area (Å²) in [6, 6.07) is -0.420. The summed E-state index contributed by atoms with van der Waals surface area (Å²) in [4.78, 5) is 24.3. The lowest BCUT2D eigenvalue weighted by Crippen LogP contribution is -2.47. The Hall–Kier alpha value is -1.10. The first-order valence-corrected chi connectivity index (χ1v) is 7.19. The highest BCUT2D eigenvalue weighted by Crippen LogP contribution is 2.29. The highest BCUT2D eigenvalue weighted by Gasteiger charge is 2.28. The van der Waals surface area contributed by atoms with Gasteiger partial charge in [0.15, 0.2) is 0 Å². The van der Waals surface area contributed by atoms with Gasteiger partial charge in [0.1, 0.15) is 0 Å². The van der Waals surface area contributed by atoms with Crippen LogP contribution in [0, 0.1) is 5.92 Å². The van der Waals surface area contributed by atoms with E-state index in [0.717, 1.165) is 18.8 Å². The Labute approximate surface area is 115 Å². The summed E-state index contributed by atoms with van der Waals surface area (Å²) < 4.78 is 0. The maximum atomic E-state index is 12.1. The van der Waals surface area contributed by atoms with E-state index in [1.165, 1.54) is 19.3 Å². The lowest BCUT2D eigenvalue weighted by molar-refractivity contribution is -0.138. The molecule has 0 radical (unpaired) electrons. The van der Waals surface area contributed by atoms with Crippen LogP contribution in [0.1, 0.15) is 51.9 Å². The van der Waals surface area contributed by atoms with Crippen molar-refractivity contribution in [2.75, 3.05) is 7.05 Å². The fourth-order valence-corrected chi connectivity index (χ4v) is 2.78. The monoisotopic (exact) mass is 270 g/mol. The molecule has 0 aromatic carbocycles. The van der Waals surface area contributed by atoms with Crippen LogP contribution in [-0.2, 0) is 9.59 Å². The molecule has 0 spiro atoms. The zero-order chi connectivity index (χ0) is 14.4. The molecular formula is C14H26N2O3. The molecule has 5 heteroatoms. The molecule has 19 heavy (non-hydrogen) atoms. The zero-order valence-corrected chi connectivity index (χ0v) is 12.0. The van der Waals surface area contributed by atoms with Gasteiger partial charge < -0.3 is 15.7 Å². The Morgan fingerprint density at radius 2 is 1.89 bits per heavy atom. The average Bonchev–Trinajstić information content (AvgIpc) is 2.43. The third-order valence-electron chi connectivity index (χ3n) is 4.28. The van der Waals surface area contributed by atoms with Gasteiger partial charge in [0.2, 0.25) is 5.91 Å². The minimum atomic E-state index is -0.908. The Morgan fingerprint density at radius 3 is 2.37 bits per heavy atom. The van der Waals surface area contributed by atoms with Crippen LogP contribution in [0.15, 0.2) is 0 Å². The normalized spacial score (nSPS) is 24.8. The smallest absolute Gasteiger partial charge is 0.303 e. The van der Waals surface area contributed by atoms with Gasteiger partial charge >= 0.3 is 5.97 Å². The van der Waals surface area contributed by atoms with Gasteiger partial charge in [0.25, 0.3) is 0 Å². The Balaban J connectivity index is 2.41. The summed E-state index contributed by atoms with van der Waals surface area (Å²) in [5.41, 5.74) is 5.77. The number of likely N-dealkylation sites (N-methyl/N-ethyl adjacent to an activating group) is 1. The number of nitrogens with zero attached hydrogens (tertiary/aromatic N) is 1. The van der Waals surface area contributed by atoms with Crippen molar-refractivity contribution in [1.82, 2.24) is 4.90 Å². The van der Waals surface area contributed by atoms with E-state index in [1.807, 2.05) is 0 Å².